The highest BCUT2D eigenvalue weighted by atomic mass is 19.1. The monoisotopic (exact) mass is 237 g/mol. The van der Waals surface area contributed by atoms with Gasteiger partial charge in [0.1, 0.15) is 5.82 Å². The molecule has 0 amide bonds. The van der Waals surface area contributed by atoms with Crippen molar-refractivity contribution in [2.75, 3.05) is 7.05 Å². The van der Waals surface area contributed by atoms with Crippen molar-refractivity contribution in [1.29, 1.82) is 0 Å². The fraction of sp³-hybridized carbons (Fsp3) is 0.571. The van der Waals surface area contributed by atoms with Gasteiger partial charge in [-0.05, 0) is 62.9 Å². The lowest BCUT2D eigenvalue weighted by Crippen LogP contribution is -2.38. The molecule has 0 saturated heterocycles. The van der Waals surface area contributed by atoms with Crippen LogP contribution in [0.4, 0.5) is 4.39 Å². The molecule has 2 nitrogen and oxygen atoms in total. The van der Waals surface area contributed by atoms with Gasteiger partial charge in [-0.2, -0.15) is 0 Å². The lowest BCUT2D eigenvalue weighted by Gasteiger charge is -2.37. The number of aliphatic hydroxyl groups is 1. The normalized spacial score (nSPS) is 29.3. The van der Waals surface area contributed by atoms with Crippen LogP contribution in [0.1, 0.15) is 36.8 Å². The Labute approximate surface area is 102 Å². The Balaban J connectivity index is 2.24. The largest absolute Gasteiger partial charge is 0.385 e. The molecule has 0 bridgehead atoms. The van der Waals surface area contributed by atoms with E-state index in [0.29, 0.717) is 18.9 Å². The maximum atomic E-state index is 13.3. The van der Waals surface area contributed by atoms with Crippen LogP contribution in [0.5, 0.6) is 0 Å². The Morgan fingerprint density at radius 1 is 1.35 bits per heavy atom. The summed E-state index contributed by atoms with van der Waals surface area (Å²) in [4.78, 5) is 0. The Bertz CT molecular complexity index is 397. The summed E-state index contributed by atoms with van der Waals surface area (Å²) in [5.74, 6) is -0.269. The highest BCUT2D eigenvalue weighted by Crippen LogP contribution is 2.38. The molecule has 1 aromatic carbocycles. The molecule has 3 heteroatoms. The number of halogens is 1. The topological polar surface area (TPSA) is 32.3 Å². The number of aryl methyl sites for hydroxylation is 1. The third-order valence-electron chi connectivity index (χ3n) is 3.92. The molecule has 0 radical (unpaired) electrons. The van der Waals surface area contributed by atoms with Crippen LogP contribution in [0.25, 0.3) is 0 Å². The van der Waals surface area contributed by atoms with Crippen molar-refractivity contribution in [3.05, 3.63) is 35.1 Å². The maximum Gasteiger partial charge on any atom is 0.123 e. The lowest BCUT2D eigenvalue weighted by molar-refractivity contribution is -0.00840. The number of rotatable bonds is 2. The highest BCUT2D eigenvalue weighted by Gasteiger charge is 2.35. The Kier molecular flexibility index (Phi) is 3.50. The van der Waals surface area contributed by atoms with Crippen LogP contribution in [0, 0.1) is 12.7 Å². The van der Waals surface area contributed by atoms with E-state index in [0.717, 1.165) is 24.0 Å². The van der Waals surface area contributed by atoms with Gasteiger partial charge >= 0.3 is 0 Å². The minimum Gasteiger partial charge on any atom is -0.385 e. The third kappa shape index (κ3) is 2.50. The van der Waals surface area contributed by atoms with Crippen molar-refractivity contribution >= 4 is 0 Å². The van der Waals surface area contributed by atoms with E-state index in [9.17, 15) is 9.50 Å². The van der Waals surface area contributed by atoms with E-state index in [1.54, 1.807) is 6.07 Å². The molecule has 1 saturated carbocycles. The third-order valence-corrected chi connectivity index (χ3v) is 3.92. The van der Waals surface area contributed by atoms with Gasteiger partial charge in [-0.1, -0.05) is 6.07 Å². The smallest absolute Gasteiger partial charge is 0.123 e. The van der Waals surface area contributed by atoms with E-state index >= 15 is 0 Å². The zero-order chi connectivity index (χ0) is 12.5. The average Bonchev–Trinajstić information content (AvgIpc) is 2.33. The molecule has 94 valence electrons. The minimum atomic E-state index is -0.848. The zero-order valence-electron chi connectivity index (χ0n) is 10.5. The van der Waals surface area contributed by atoms with Crippen molar-refractivity contribution in [2.24, 2.45) is 0 Å². The molecule has 1 aromatic rings. The summed E-state index contributed by atoms with van der Waals surface area (Å²) in [7, 11) is 1.95. The molecule has 17 heavy (non-hydrogen) atoms. The second-order valence-corrected chi connectivity index (χ2v) is 5.05. The van der Waals surface area contributed by atoms with E-state index in [1.165, 1.54) is 12.1 Å². The first-order valence-corrected chi connectivity index (χ1v) is 6.21. The molecule has 0 spiro atoms. The van der Waals surface area contributed by atoms with Crippen LogP contribution in [-0.2, 0) is 5.60 Å². The first kappa shape index (κ1) is 12.5. The number of nitrogens with one attached hydrogen (secondary N) is 1. The zero-order valence-corrected chi connectivity index (χ0v) is 10.5. The molecular formula is C14H20FNO. The summed E-state index contributed by atoms with van der Waals surface area (Å²) in [5, 5.41) is 13.9. The standard InChI is InChI=1S/C14H20FNO/c1-10-3-4-11(15)9-13(10)14(17)7-5-12(16-2)6-8-14/h3-4,9,12,16-17H,5-8H2,1-2H3. The highest BCUT2D eigenvalue weighted by molar-refractivity contribution is 5.32. The first-order valence-electron chi connectivity index (χ1n) is 6.21. The molecule has 1 fully saturated rings. The summed E-state index contributed by atoms with van der Waals surface area (Å²) in [5.41, 5.74) is 0.878. The molecule has 2 rings (SSSR count). The van der Waals surface area contributed by atoms with Gasteiger partial charge in [0.15, 0.2) is 0 Å². The summed E-state index contributed by atoms with van der Waals surface area (Å²) in [6, 6.07) is 5.15. The Hall–Kier alpha value is -0.930. The Morgan fingerprint density at radius 3 is 2.59 bits per heavy atom. The van der Waals surface area contributed by atoms with Gasteiger partial charge < -0.3 is 10.4 Å². The second kappa shape index (κ2) is 4.75. The van der Waals surface area contributed by atoms with E-state index in [2.05, 4.69) is 5.32 Å². The molecule has 0 aliphatic heterocycles. The van der Waals surface area contributed by atoms with Crippen LogP contribution >= 0.6 is 0 Å². The van der Waals surface area contributed by atoms with E-state index in [4.69, 9.17) is 0 Å². The molecular weight excluding hydrogens is 217 g/mol. The van der Waals surface area contributed by atoms with Crippen molar-refractivity contribution in [3.63, 3.8) is 0 Å². The average molecular weight is 237 g/mol. The van der Waals surface area contributed by atoms with Gasteiger partial charge in [-0.3, -0.25) is 0 Å². The van der Waals surface area contributed by atoms with Crippen LogP contribution < -0.4 is 5.32 Å². The van der Waals surface area contributed by atoms with Gasteiger partial charge in [0, 0.05) is 6.04 Å². The first-order chi connectivity index (χ1) is 8.05. The fourth-order valence-corrected chi connectivity index (χ4v) is 2.75. The Morgan fingerprint density at radius 2 is 2.00 bits per heavy atom. The fourth-order valence-electron chi connectivity index (χ4n) is 2.75. The van der Waals surface area contributed by atoms with E-state index in [-0.39, 0.29) is 5.82 Å². The number of hydrogen-bond donors (Lipinski definition) is 2. The van der Waals surface area contributed by atoms with Crippen molar-refractivity contribution < 1.29 is 9.50 Å². The summed E-state index contributed by atoms with van der Waals surface area (Å²) < 4.78 is 13.3. The van der Waals surface area contributed by atoms with Crippen LogP contribution in [0.15, 0.2) is 18.2 Å². The quantitative estimate of drug-likeness (QED) is 0.828. The van der Waals surface area contributed by atoms with Gasteiger partial charge in [-0.25, -0.2) is 4.39 Å². The number of hydrogen-bond acceptors (Lipinski definition) is 2. The molecule has 0 heterocycles. The predicted molar refractivity (Wildman–Crippen MR) is 66.3 cm³/mol. The van der Waals surface area contributed by atoms with Gasteiger partial charge in [0.25, 0.3) is 0 Å². The SMILES string of the molecule is CNC1CCC(O)(c2cc(F)ccc2C)CC1. The van der Waals surface area contributed by atoms with Crippen LogP contribution in [0.2, 0.25) is 0 Å². The van der Waals surface area contributed by atoms with Crippen LogP contribution in [-0.4, -0.2) is 18.2 Å². The second-order valence-electron chi connectivity index (χ2n) is 5.05. The maximum absolute atomic E-state index is 13.3. The molecule has 1 aliphatic rings. The van der Waals surface area contributed by atoms with Gasteiger partial charge in [0.05, 0.1) is 5.60 Å². The van der Waals surface area contributed by atoms with E-state index < -0.39 is 5.60 Å². The summed E-state index contributed by atoms with van der Waals surface area (Å²) >= 11 is 0. The minimum absolute atomic E-state index is 0.269. The van der Waals surface area contributed by atoms with Crippen molar-refractivity contribution in [2.45, 2.75) is 44.2 Å². The molecule has 1 aliphatic carbocycles. The summed E-state index contributed by atoms with van der Waals surface area (Å²) in [6.45, 7) is 1.93. The van der Waals surface area contributed by atoms with Crippen molar-refractivity contribution in [1.82, 2.24) is 5.32 Å². The number of benzene rings is 1. The van der Waals surface area contributed by atoms with Crippen LogP contribution in [0.3, 0.4) is 0 Å². The molecule has 0 unspecified atom stereocenters. The summed E-state index contributed by atoms with van der Waals surface area (Å²) in [6.07, 6.45) is 3.26. The van der Waals surface area contributed by atoms with Gasteiger partial charge in [0.2, 0.25) is 0 Å². The predicted octanol–water partition coefficient (Wildman–Crippen LogP) is 2.48. The molecule has 2 N–H and O–H groups in total. The van der Waals surface area contributed by atoms with Crippen molar-refractivity contribution in [3.8, 4) is 0 Å². The molecule has 0 atom stereocenters. The molecule has 0 aromatic heterocycles. The van der Waals surface area contributed by atoms with Gasteiger partial charge in [-0.15, -0.1) is 0 Å². The lowest BCUT2D eigenvalue weighted by atomic mass is 9.76. The van der Waals surface area contributed by atoms with E-state index in [1.807, 2.05) is 14.0 Å².